The van der Waals surface area contributed by atoms with Crippen molar-refractivity contribution in [3.8, 4) is 0 Å². The van der Waals surface area contributed by atoms with Crippen LogP contribution in [0.4, 0.5) is 5.69 Å². The number of para-hydroxylation sites is 1. The smallest absolute Gasteiger partial charge is 0.333 e. The first-order chi connectivity index (χ1) is 7.69. The molecule has 1 rings (SSSR count). The van der Waals surface area contributed by atoms with Crippen molar-refractivity contribution in [2.24, 2.45) is 0 Å². The zero-order chi connectivity index (χ0) is 12.0. The Balaban J connectivity index is 2.95. The van der Waals surface area contributed by atoms with E-state index < -0.39 is 5.97 Å². The molecule has 16 heavy (non-hydrogen) atoms. The van der Waals surface area contributed by atoms with E-state index in [-0.39, 0.29) is 0 Å². The van der Waals surface area contributed by atoms with Gasteiger partial charge in [0.1, 0.15) is 0 Å². The molecule has 3 nitrogen and oxygen atoms in total. The number of nitrogens with one attached hydrogen (secondary N) is 1. The fraction of sp³-hybridized carbons (Fsp3) is 0.308. The quantitative estimate of drug-likeness (QED) is 0.747. The van der Waals surface area contributed by atoms with Crippen molar-refractivity contribution in [2.45, 2.75) is 26.7 Å². The molecule has 0 saturated heterocycles. The summed E-state index contributed by atoms with van der Waals surface area (Å²) in [4.78, 5) is 11.0. The number of carbonyl (C=O) groups is 1. The zero-order valence-corrected chi connectivity index (χ0v) is 9.66. The highest BCUT2D eigenvalue weighted by molar-refractivity contribution is 5.88. The van der Waals surface area contributed by atoms with Crippen LogP contribution in [-0.2, 0) is 4.79 Å². The normalized spacial score (nSPS) is 11.9. The minimum Gasteiger partial charge on any atom is -0.478 e. The van der Waals surface area contributed by atoms with E-state index in [9.17, 15) is 4.79 Å². The maximum Gasteiger partial charge on any atom is 0.333 e. The number of anilines is 1. The average Bonchev–Trinajstić information content (AvgIpc) is 2.29. The Morgan fingerprint density at radius 2 is 1.81 bits per heavy atom. The van der Waals surface area contributed by atoms with Crippen molar-refractivity contribution in [2.75, 3.05) is 5.32 Å². The molecule has 0 saturated carbocycles. The van der Waals surface area contributed by atoms with Gasteiger partial charge in [-0.05, 0) is 25.0 Å². The Morgan fingerprint density at radius 1 is 1.19 bits per heavy atom. The number of allylic oxidation sites excluding steroid dienone is 1. The molecular formula is C13H17NO2. The number of hydrogen-bond donors (Lipinski definition) is 2. The van der Waals surface area contributed by atoms with Gasteiger partial charge in [-0.3, -0.25) is 0 Å². The van der Waals surface area contributed by atoms with Crippen LogP contribution in [0.5, 0.6) is 0 Å². The van der Waals surface area contributed by atoms with Crippen LogP contribution in [0.15, 0.2) is 41.6 Å². The van der Waals surface area contributed by atoms with Gasteiger partial charge in [0.15, 0.2) is 0 Å². The molecule has 1 aromatic rings. The molecule has 86 valence electrons. The molecule has 0 unspecified atom stereocenters. The SMILES string of the molecule is CCC(Nc1ccccc1)=C(CC)C(=O)O. The Bertz CT molecular complexity index is 382. The number of hydrogen-bond acceptors (Lipinski definition) is 2. The molecule has 0 radical (unpaired) electrons. The van der Waals surface area contributed by atoms with Crippen molar-refractivity contribution >= 4 is 11.7 Å². The van der Waals surface area contributed by atoms with Crippen LogP contribution in [0.1, 0.15) is 26.7 Å². The summed E-state index contributed by atoms with van der Waals surface area (Å²) in [5.74, 6) is -0.845. The first-order valence-electron chi connectivity index (χ1n) is 5.46. The van der Waals surface area contributed by atoms with E-state index in [2.05, 4.69) is 5.32 Å². The molecule has 0 aliphatic carbocycles. The Hall–Kier alpha value is -1.77. The van der Waals surface area contributed by atoms with E-state index in [0.29, 0.717) is 18.4 Å². The van der Waals surface area contributed by atoms with Crippen LogP contribution in [0, 0.1) is 0 Å². The Kier molecular flexibility index (Phi) is 4.58. The van der Waals surface area contributed by atoms with Crippen molar-refractivity contribution in [3.05, 3.63) is 41.6 Å². The third-order valence-corrected chi connectivity index (χ3v) is 2.40. The van der Waals surface area contributed by atoms with Crippen molar-refractivity contribution in [1.29, 1.82) is 0 Å². The second-order valence-electron chi connectivity index (χ2n) is 3.46. The summed E-state index contributed by atoms with van der Waals surface area (Å²) < 4.78 is 0. The van der Waals surface area contributed by atoms with Crippen LogP contribution in [0.3, 0.4) is 0 Å². The predicted octanol–water partition coefficient (Wildman–Crippen LogP) is 3.26. The molecule has 3 heteroatoms. The summed E-state index contributed by atoms with van der Waals surface area (Å²) in [7, 11) is 0. The molecule has 0 aliphatic heterocycles. The average molecular weight is 219 g/mol. The molecule has 0 amide bonds. The van der Waals surface area contributed by atoms with Gasteiger partial charge < -0.3 is 10.4 Å². The van der Waals surface area contributed by atoms with Crippen molar-refractivity contribution < 1.29 is 9.90 Å². The number of rotatable bonds is 5. The summed E-state index contributed by atoms with van der Waals surface area (Å²) in [5, 5.41) is 12.2. The number of aliphatic carboxylic acids is 1. The maximum atomic E-state index is 11.0. The minimum absolute atomic E-state index is 0.450. The van der Waals surface area contributed by atoms with Gasteiger partial charge in [-0.15, -0.1) is 0 Å². The van der Waals surface area contributed by atoms with Crippen molar-refractivity contribution in [1.82, 2.24) is 0 Å². The maximum absolute atomic E-state index is 11.0. The van der Waals surface area contributed by atoms with E-state index in [4.69, 9.17) is 5.11 Å². The largest absolute Gasteiger partial charge is 0.478 e. The lowest BCUT2D eigenvalue weighted by atomic mass is 10.1. The van der Waals surface area contributed by atoms with Crippen LogP contribution in [0.2, 0.25) is 0 Å². The number of carboxylic acid groups (broad SMARTS) is 1. The second-order valence-corrected chi connectivity index (χ2v) is 3.46. The van der Waals surface area contributed by atoms with E-state index in [1.807, 2.05) is 44.2 Å². The standard InChI is InChI=1S/C13H17NO2/c1-3-11(13(15)16)12(4-2)14-10-8-6-5-7-9-10/h5-9,14H,3-4H2,1-2H3,(H,15,16). The van der Waals surface area contributed by atoms with Gasteiger partial charge >= 0.3 is 5.97 Å². The Morgan fingerprint density at radius 3 is 2.25 bits per heavy atom. The highest BCUT2D eigenvalue weighted by atomic mass is 16.4. The summed E-state index contributed by atoms with van der Waals surface area (Å²) >= 11 is 0. The summed E-state index contributed by atoms with van der Waals surface area (Å²) in [5.41, 5.74) is 2.15. The number of carboxylic acids is 1. The minimum atomic E-state index is -0.845. The fourth-order valence-corrected chi connectivity index (χ4v) is 1.57. The van der Waals surface area contributed by atoms with E-state index in [0.717, 1.165) is 11.4 Å². The van der Waals surface area contributed by atoms with E-state index in [1.54, 1.807) is 0 Å². The summed E-state index contributed by atoms with van der Waals surface area (Å²) in [6.07, 6.45) is 1.21. The van der Waals surface area contributed by atoms with Crippen LogP contribution < -0.4 is 5.32 Å². The molecule has 1 aromatic carbocycles. The summed E-state index contributed by atoms with van der Waals surface area (Å²) in [6.45, 7) is 3.80. The Labute approximate surface area is 95.8 Å². The van der Waals surface area contributed by atoms with E-state index in [1.165, 1.54) is 0 Å². The highest BCUT2D eigenvalue weighted by Crippen LogP contribution is 2.16. The lowest BCUT2D eigenvalue weighted by Gasteiger charge is -2.12. The molecular weight excluding hydrogens is 202 g/mol. The van der Waals surface area contributed by atoms with Gasteiger partial charge in [0, 0.05) is 11.4 Å². The lowest BCUT2D eigenvalue weighted by molar-refractivity contribution is -0.132. The number of benzene rings is 1. The van der Waals surface area contributed by atoms with E-state index >= 15 is 0 Å². The topological polar surface area (TPSA) is 49.3 Å². The predicted molar refractivity (Wildman–Crippen MR) is 65.3 cm³/mol. The fourth-order valence-electron chi connectivity index (χ4n) is 1.57. The summed E-state index contributed by atoms with van der Waals surface area (Å²) in [6, 6.07) is 9.61. The van der Waals surface area contributed by atoms with Gasteiger partial charge in [0.05, 0.1) is 5.57 Å². The third-order valence-electron chi connectivity index (χ3n) is 2.40. The second kappa shape index (κ2) is 5.95. The van der Waals surface area contributed by atoms with Crippen molar-refractivity contribution in [3.63, 3.8) is 0 Å². The molecule has 2 N–H and O–H groups in total. The molecule has 0 aliphatic rings. The van der Waals surface area contributed by atoms with Gasteiger partial charge in [0.25, 0.3) is 0 Å². The molecule has 0 fully saturated rings. The van der Waals surface area contributed by atoms with Gasteiger partial charge in [-0.25, -0.2) is 4.79 Å². The first-order valence-corrected chi connectivity index (χ1v) is 5.46. The lowest BCUT2D eigenvalue weighted by Crippen LogP contribution is -2.09. The van der Waals surface area contributed by atoms with Gasteiger partial charge in [0.2, 0.25) is 0 Å². The molecule has 0 aromatic heterocycles. The van der Waals surface area contributed by atoms with Crippen LogP contribution in [-0.4, -0.2) is 11.1 Å². The molecule has 0 bridgehead atoms. The van der Waals surface area contributed by atoms with Crippen LogP contribution >= 0.6 is 0 Å². The monoisotopic (exact) mass is 219 g/mol. The molecule has 0 spiro atoms. The van der Waals surface area contributed by atoms with Gasteiger partial charge in [-0.2, -0.15) is 0 Å². The molecule has 0 atom stereocenters. The first kappa shape index (κ1) is 12.3. The third kappa shape index (κ3) is 3.12. The van der Waals surface area contributed by atoms with Gasteiger partial charge in [-0.1, -0.05) is 32.0 Å². The highest BCUT2D eigenvalue weighted by Gasteiger charge is 2.10. The van der Waals surface area contributed by atoms with Crippen LogP contribution in [0.25, 0.3) is 0 Å². The molecule has 0 heterocycles. The zero-order valence-electron chi connectivity index (χ0n) is 9.66.